The second kappa shape index (κ2) is 6.14. The maximum atomic E-state index is 12.4. The molecule has 0 aliphatic rings. The van der Waals surface area contributed by atoms with E-state index in [0.717, 1.165) is 5.56 Å². The van der Waals surface area contributed by atoms with E-state index in [0.29, 0.717) is 16.9 Å². The van der Waals surface area contributed by atoms with E-state index in [1.165, 1.54) is 0 Å². The molecule has 0 heterocycles. The number of benzene rings is 2. The van der Waals surface area contributed by atoms with Gasteiger partial charge in [-0.15, -0.1) is 0 Å². The molecule has 114 valence electrons. The molecule has 0 spiro atoms. The third-order valence-electron chi connectivity index (χ3n) is 3.29. The number of esters is 1. The predicted molar refractivity (Wildman–Crippen MR) is 86.1 cm³/mol. The third-order valence-corrected chi connectivity index (χ3v) is 3.29. The zero-order valence-electron chi connectivity index (χ0n) is 13.3. The molecule has 0 atom stereocenters. The number of hydrogen-bond acceptors (Lipinski definition) is 3. The summed E-state index contributed by atoms with van der Waals surface area (Å²) < 4.78 is 5.40. The van der Waals surface area contributed by atoms with Crippen molar-refractivity contribution in [3.63, 3.8) is 0 Å². The highest BCUT2D eigenvalue weighted by Gasteiger charge is 2.24. The van der Waals surface area contributed by atoms with Crippen molar-refractivity contribution in [3.8, 4) is 5.75 Å². The van der Waals surface area contributed by atoms with Crippen molar-refractivity contribution in [2.45, 2.75) is 27.7 Å². The molecular weight excluding hydrogens is 276 g/mol. The van der Waals surface area contributed by atoms with Gasteiger partial charge in [0.15, 0.2) is 5.78 Å². The monoisotopic (exact) mass is 296 g/mol. The van der Waals surface area contributed by atoms with E-state index >= 15 is 0 Å². The lowest BCUT2D eigenvalue weighted by molar-refractivity contribution is -0.143. The van der Waals surface area contributed by atoms with Gasteiger partial charge in [-0.05, 0) is 51.5 Å². The van der Waals surface area contributed by atoms with Crippen molar-refractivity contribution in [2.24, 2.45) is 5.41 Å². The van der Waals surface area contributed by atoms with Crippen LogP contribution in [0.1, 0.15) is 42.3 Å². The minimum absolute atomic E-state index is 0.0441. The van der Waals surface area contributed by atoms with Gasteiger partial charge < -0.3 is 4.74 Å². The number of ether oxygens (including phenoxy) is 1. The van der Waals surface area contributed by atoms with Gasteiger partial charge in [-0.2, -0.15) is 0 Å². The summed E-state index contributed by atoms with van der Waals surface area (Å²) in [6.45, 7) is 7.24. The first-order valence-corrected chi connectivity index (χ1v) is 7.22. The lowest BCUT2D eigenvalue weighted by Gasteiger charge is -2.17. The van der Waals surface area contributed by atoms with Crippen molar-refractivity contribution in [2.75, 3.05) is 0 Å². The smallest absolute Gasteiger partial charge is 0.316 e. The maximum Gasteiger partial charge on any atom is 0.316 e. The van der Waals surface area contributed by atoms with Gasteiger partial charge in [-0.1, -0.05) is 30.3 Å². The van der Waals surface area contributed by atoms with Crippen LogP contribution in [0.4, 0.5) is 0 Å². The van der Waals surface area contributed by atoms with Crippen molar-refractivity contribution >= 4 is 11.8 Å². The SMILES string of the molecule is Cc1cc(C(=O)c2ccccc2)ccc1OC(=O)C(C)(C)C. The molecule has 3 nitrogen and oxygen atoms in total. The largest absolute Gasteiger partial charge is 0.426 e. The molecule has 2 aromatic rings. The summed E-state index contributed by atoms with van der Waals surface area (Å²) in [4.78, 5) is 24.3. The van der Waals surface area contributed by atoms with E-state index in [-0.39, 0.29) is 11.8 Å². The second-order valence-corrected chi connectivity index (χ2v) is 6.31. The Labute approximate surface area is 130 Å². The first kappa shape index (κ1) is 16.0. The molecule has 2 rings (SSSR count). The summed E-state index contributed by atoms with van der Waals surface area (Å²) in [5.41, 5.74) is 1.42. The number of carbonyl (C=O) groups excluding carboxylic acids is 2. The van der Waals surface area contributed by atoms with Gasteiger partial charge in [0.05, 0.1) is 5.41 Å². The minimum atomic E-state index is -0.565. The van der Waals surface area contributed by atoms with Gasteiger partial charge in [0.25, 0.3) is 0 Å². The molecule has 0 amide bonds. The van der Waals surface area contributed by atoms with Crippen molar-refractivity contribution in [1.82, 2.24) is 0 Å². The molecule has 0 fully saturated rings. The van der Waals surface area contributed by atoms with E-state index < -0.39 is 5.41 Å². The van der Waals surface area contributed by atoms with Crippen LogP contribution in [0.2, 0.25) is 0 Å². The van der Waals surface area contributed by atoms with Gasteiger partial charge in [-0.3, -0.25) is 9.59 Å². The molecule has 0 aliphatic heterocycles. The van der Waals surface area contributed by atoms with Crippen LogP contribution in [0.5, 0.6) is 5.75 Å². The summed E-state index contributed by atoms with van der Waals surface area (Å²) in [6, 6.07) is 14.2. The van der Waals surface area contributed by atoms with E-state index in [1.807, 2.05) is 25.1 Å². The normalized spacial score (nSPS) is 11.1. The summed E-state index contributed by atoms with van der Waals surface area (Å²) >= 11 is 0. The molecule has 22 heavy (non-hydrogen) atoms. The zero-order valence-corrected chi connectivity index (χ0v) is 13.3. The number of rotatable bonds is 3. The van der Waals surface area contributed by atoms with Crippen LogP contribution < -0.4 is 4.74 Å². The highest BCUT2D eigenvalue weighted by atomic mass is 16.5. The predicted octanol–water partition coefficient (Wildman–Crippen LogP) is 4.18. The molecule has 0 unspecified atom stereocenters. The highest BCUT2D eigenvalue weighted by molar-refractivity contribution is 6.09. The molecular formula is C19H20O3. The van der Waals surface area contributed by atoms with Crippen LogP contribution in [0.15, 0.2) is 48.5 Å². The molecule has 0 radical (unpaired) electrons. The Hall–Kier alpha value is -2.42. The van der Waals surface area contributed by atoms with E-state index in [2.05, 4.69) is 0 Å². The Bertz CT molecular complexity index is 694. The molecule has 0 bridgehead atoms. The molecule has 0 aromatic heterocycles. The van der Waals surface area contributed by atoms with Crippen molar-refractivity contribution in [1.29, 1.82) is 0 Å². The Kier molecular flexibility index (Phi) is 4.45. The van der Waals surface area contributed by atoms with E-state index in [1.54, 1.807) is 51.1 Å². The highest BCUT2D eigenvalue weighted by Crippen LogP contribution is 2.24. The van der Waals surface area contributed by atoms with Crippen LogP contribution in [-0.4, -0.2) is 11.8 Å². The number of carbonyl (C=O) groups is 2. The van der Waals surface area contributed by atoms with Crippen molar-refractivity contribution in [3.05, 3.63) is 65.2 Å². The molecule has 0 N–H and O–H groups in total. The minimum Gasteiger partial charge on any atom is -0.426 e. The van der Waals surface area contributed by atoms with E-state index in [9.17, 15) is 9.59 Å². The Morgan fingerprint density at radius 1 is 0.909 bits per heavy atom. The van der Waals surface area contributed by atoms with Crippen LogP contribution in [0.3, 0.4) is 0 Å². The Balaban J connectivity index is 2.23. The second-order valence-electron chi connectivity index (χ2n) is 6.31. The van der Waals surface area contributed by atoms with Gasteiger partial charge in [0.2, 0.25) is 0 Å². The Morgan fingerprint density at radius 3 is 2.09 bits per heavy atom. The van der Waals surface area contributed by atoms with Crippen LogP contribution in [-0.2, 0) is 4.79 Å². The molecule has 0 saturated carbocycles. The summed E-state index contributed by atoms with van der Waals surface area (Å²) in [6.07, 6.45) is 0. The van der Waals surface area contributed by atoms with Crippen LogP contribution in [0, 0.1) is 12.3 Å². The lowest BCUT2D eigenvalue weighted by Crippen LogP contribution is -2.25. The summed E-state index contributed by atoms with van der Waals surface area (Å²) in [5.74, 6) is 0.152. The molecule has 3 heteroatoms. The fourth-order valence-corrected chi connectivity index (χ4v) is 1.91. The number of hydrogen-bond donors (Lipinski definition) is 0. The van der Waals surface area contributed by atoms with Gasteiger partial charge >= 0.3 is 5.97 Å². The summed E-state index contributed by atoms with van der Waals surface area (Å²) in [7, 11) is 0. The molecule has 0 aliphatic carbocycles. The topological polar surface area (TPSA) is 43.4 Å². The maximum absolute atomic E-state index is 12.4. The van der Waals surface area contributed by atoms with Crippen LogP contribution >= 0.6 is 0 Å². The first-order chi connectivity index (χ1) is 10.3. The van der Waals surface area contributed by atoms with Crippen LogP contribution in [0.25, 0.3) is 0 Å². The van der Waals surface area contributed by atoms with Gasteiger partial charge in [0.1, 0.15) is 5.75 Å². The number of aryl methyl sites for hydroxylation is 1. The van der Waals surface area contributed by atoms with Crippen molar-refractivity contribution < 1.29 is 14.3 Å². The zero-order chi connectivity index (χ0) is 16.3. The third kappa shape index (κ3) is 3.61. The molecule has 0 saturated heterocycles. The average Bonchev–Trinajstić information content (AvgIpc) is 2.48. The Morgan fingerprint density at radius 2 is 1.55 bits per heavy atom. The fourth-order valence-electron chi connectivity index (χ4n) is 1.91. The fraction of sp³-hybridized carbons (Fsp3) is 0.263. The van der Waals surface area contributed by atoms with E-state index in [4.69, 9.17) is 4.74 Å². The standard InChI is InChI=1S/C19H20O3/c1-13-12-15(17(20)14-8-6-5-7-9-14)10-11-16(13)22-18(21)19(2,3)4/h5-12H,1-4H3. The molecule has 2 aromatic carbocycles. The average molecular weight is 296 g/mol. The van der Waals surface area contributed by atoms with Gasteiger partial charge in [-0.25, -0.2) is 0 Å². The summed E-state index contributed by atoms with van der Waals surface area (Å²) in [5, 5.41) is 0. The van der Waals surface area contributed by atoms with Gasteiger partial charge in [0, 0.05) is 11.1 Å². The first-order valence-electron chi connectivity index (χ1n) is 7.22. The quantitative estimate of drug-likeness (QED) is 0.485. The number of ketones is 1. The lowest BCUT2D eigenvalue weighted by atomic mass is 9.97.